The smallest absolute Gasteiger partial charge is 0.241 e. The van der Waals surface area contributed by atoms with E-state index in [0.717, 1.165) is 16.1 Å². The van der Waals surface area contributed by atoms with Gasteiger partial charge in [0.1, 0.15) is 6.54 Å². The van der Waals surface area contributed by atoms with Crippen LogP contribution in [0, 0.1) is 0 Å². The Hall–Kier alpha value is -1.76. The lowest BCUT2D eigenvalue weighted by Gasteiger charge is -2.24. The Bertz CT molecular complexity index is 873. The number of carbonyl (C=O) groups excluding carboxylic acids is 1. The van der Waals surface area contributed by atoms with E-state index in [4.69, 9.17) is 23.2 Å². The predicted octanol–water partition coefficient (Wildman–Crippen LogP) is 4.03. The van der Waals surface area contributed by atoms with Crippen molar-refractivity contribution in [2.45, 2.75) is 19.4 Å². The van der Waals surface area contributed by atoms with Crippen LogP contribution in [0.2, 0.25) is 10.0 Å². The second kappa shape index (κ2) is 8.75. The van der Waals surface area contributed by atoms with Crippen molar-refractivity contribution in [3.8, 4) is 0 Å². The minimum Gasteiger partial charge on any atom is -0.348 e. The number of nitrogens with one attached hydrogen (secondary N) is 1. The number of hydrogen-bond acceptors (Lipinski definition) is 3. The van der Waals surface area contributed by atoms with Crippen LogP contribution >= 0.6 is 23.2 Å². The first kappa shape index (κ1) is 20.6. The van der Waals surface area contributed by atoms with Crippen LogP contribution in [-0.4, -0.2) is 27.1 Å². The number of benzene rings is 2. The van der Waals surface area contributed by atoms with Gasteiger partial charge in [-0.3, -0.25) is 9.10 Å². The van der Waals surface area contributed by atoms with Gasteiger partial charge >= 0.3 is 0 Å². The maximum atomic E-state index is 12.5. The summed E-state index contributed by atoms with van der Waals surface area (Å²) in [6, 6.07) is 13.7. The molecule has 0 fully saturated rings. The fourth-order valence-electron chi connectivity index (χ4n) is 2.52. The lowest BCUT2D eigenvalue weighted by Crippen LogP contribution is -2.41. The molecule has 1 amide bonds. The summed E-state index contributed by atoms with van der Waals surface area (Å²) in [5.74, 6) is -0.405. The van der Waals surface area contributed by atoms with Crippen molar-refractivity contribution in [1.82, 2.24) is 5.32 Å². The highest BCUT2D eigenvalue weighted by molar-refractivity contribution is 7.92. The molecule has 0 aliphatic heterocycles. The average Bonchev–Trinajstić information content (AvgIpc) is 2.60. The number of sulfonamides is 1. The van der Waals surface area contributed by atoms with Crippen LogP contribution < -0.4 is 9.62 Å². The minimum absolute atomic E-state index is 0.195. The van der Waals surface area contributed by atoms with E-state index in [-0.39, 0.29) is 23.3 Å². The largest absolute Gasteiger partial charge is 0.348 e. The first-order chi connectivity index (χ1) is 12.2. The van der Waals surface area contributed by atoms with Crippen molar-refractivity contribution in [2.24, 2.45) is 0 Å². The molecule has 1 N–H and O–H groups in total. The number of amides is 1. The molecule has 0 spiro atoms. The molecule has 0 radical (unpaired) electrons. The van der Waals surface area contributed by atoms with E-state index in [0.29, 0.717) is 11.4 Å². The van der Waals surface area contributed by atoms with Crippen LogP contribution in [0.1, 0.15) is 24.9 Å². The quantitative estimate of drug-likeness (QED) is 0.743. The van der Waals surface area contributed by atoms with E-state index in [2.05, 4.69) is 5.32 Å². The van der Waals surface area contributed by atoms with E-state index in [1.54, 1.807) is 0 Å². The molecule has 2 rings (SSSR count). The summed E-state index contributed by atoms with van der Waals surface area (Å²) in [6.07, 6.45) is 1.72. The van der Waals surface area contributed by atoms with Gasteiger partial charge < -0.3 is 5.32 Å². The van der Waals surface area contributed by atoms with Gasteiger partial charge in [-0.2, -0.15) is 0 Å². The number of anilines is 1. The lowest BCUT2D eigenvalue weighted by molar-refractivity contribution is -0.120. The lowest BCUT2D eigenvalue weighted by atomic mass is 10.0. The Labute approximate surface area is 164 Å². The number of hydrogen-bond donors (Lipinski definition) is 1. The molecule has 26 heavy (non-hydrogen) atoms. The van der Waals surface area contributed by atoms with Crippen molar-refractivity contribution < 1.29 is 13.2 Å². The van der Waals surface area contributed by atoms with Gasteiger partial charge in [-0.15, -0.1) is 0 Å². The zero-order valence-electron chi connectivity index (χ0n) is 14.4. The van der Waals surface area contributed by atoms with Gasteiger partial charge in [-0.05, 0) is 30.2 Å². The highest BCUT2D eigenvalue weighted by atomic mass is 35.5. The van der Waals surface area contributed by atoms with Crippen molar-refractivity contribution in [3.63, 3.8) is 0 Å². The first-order valence-corrected chi connectivity index (χ1v) is 10.6. The second-order valence-electron chi connectivity index (χ2n) is 5.81. The third kappa shape index (κ3) is 5.37. The fourth-order valence-corrected chi connectivity index (χ4v) is 3.66. The molecule has 0 aliphatic carbocycles. The molecule has 1 unspecified atom stereocenters. The van der Waals surface area contributed by atoms with Crippen LogP contribution in [0.15, 0.2) is 48.5 Å². The van der Waals surface area contributed by atoms with E-state index in [1.165, 1.54) is 18.2 Å². The summed E-state index contributed by atoms with van der Waals surface area (Å²) in [7, 11) is -3.68. The molecule has 140 valence electrons. The molecular formula is C18H20Cl2N2O3S. The number of rotatable bonds is 7. The van der Waals surface area contributed by atoms with Gasteiger partial charge in [0, 0.05) is 0 Å². The minimum atomic E-state index is -3.68. The number of nitrogens with zero attached hydrogens (tertiary/aromatic N) is 1. The number of carbonyl (C=O) groups is 1. The van der Waals surface area contributed by atoms with Gasteiger partial charge in [0.15, 0.2) is 0 Å². The van der Waals surface area contributed by atoms with Crippen molar-refractivity contribution >= 4 is 44.8 Å². The van der Waals surface area contributed by atoms with Crippen LogP contribution in [0.4, 0.5) is 5.69 Å². The average molecular weight is 415 g/mol. The second-order valence-corrected chi connectivity index (χ2v) is 8.53. The normalized spacial score (nSPS) is 12.5. The van der Waals surface area contributed by atoms with Crippen LogP contribution in [0.25, 0.3) is 0 Å². The predicted molar refractivity (Wildman–Crippen MR) is 106 cm³/mol. The Kier molecular flexibility index (Phi) is 6.92. The zero-order valence-corrected chi connectivity index (χ0v) is 16.8. The number of halogens is 2. The Balaban J connectivity index is 2.20. The SMILES string of the molecule is CCC(NC(=O)CN(c1ccc(Cl)c(Cl)c1)S(C)(=O)=O)c1ccccc1. The monoisotopic (exact) mass is 414 g/mol. The van der Waals surface area contributed by atoms with Crippen molar-refractivity contribution in [3.05, 3.63) is 64.1 Å². The van der Waals surface area contributed by atoms with Gasteiger partial charge in [0.2, 0.25) is 15.9 Å². The Morgan fingerprint density at radius 2 is 1.77 bits per heavy atom. The zero-order chi connectivity index (χ0) is 19.3. The van der Waals surface area contributed by atoms with E-state index >= 15 is 0 Å². The molecule has 0 aliphatic rings. The Morgan fingerprint density at radius 1 is 1.12 bits per heavy atom. The van der Waals surface area contributed by atoms with E-state index < -0.39 is 15.9 Å². The van der Waals surface area contributed by atoms with Crippen molar-refractivity contribution in [1.29, 1.82) is 0 Å². The summed E-state index contributed by atoms with van der Waals surface area (Å²) in [5, 5.41) is 3.40. The maximum Gasteiger partial charge on any atom is 0.241 e. The standard InChI is InChI=1S/C18H20Cl2N2O3S/c1-3-17(13-7-5-4-6-8-13)21-18(23)12-22(26(2,24)25)14-9-10-15(19)16(20)11-14/h4-11,17H,3,12H2,1-2H3,(H,21,23). The molecular weight excluding hydrogens is 395 g/mol. The van der Waals surface area contributed by atoms with Gasteiger partial charge in [0.05, 0.1) is 28.0 Å². The van der Waals surface area contributed by atoms with Crippen LogP contribution in [-0.2, 0) is 14.8 Å². The summed E-state index contributed by atoms with van der Waals surface area (Å²) in [6.45, 7) is 1.60. The molecule has 0 heterocycles. The third-order valence-electron chi connectivity index (χ3n) is 3.82. The van der Waals surface area contributed by atoms with Gasteiger partial charge in [-0.25, -0.2) is 8.42 Å². The summed E-state index contributed by atoms with van der Waals surface area (Å²) >= 11 is 11.9. The topological polar surface area (TPSA) is 66.5 Å². The van der Waals surface area contributed by atoms with E-state index in [1.807, 2.05) is 37.3 Å². The molecule has 0 saturated heterocycles. The molecule has 0 aromatic heterocycles. The van der Waals surface area contributed by atoms with Crippen LogP contribution in [0.3, 0.4) is 0 Å². The maximum absolute atomic E-state index is 12.5. The summed E-state index contributed by atoms with van der Waals surface area (Å²) in [4.78, 5) is 12.5. The molecule has 2 aromatic carbocycles. The highest BCUT2D eigenvalue weighted by Gasteiger charge is 2.23. The fraction of sp³-hybridized carbons (Fsp3) is 0.278. The first-order valence-electron chi connectivity index (χ1n) is 7.99. The van der Waals surface area contributed by atoms with Crippen molar-refractivity contribution in [2.75, 3.05) is 17.1 Å². The molecule has 8 heteroatoms. The van der Waals surface area contributed by atoms with Gasteiger partial charge in [-0.1, -0.05) is 60.5 Å². The molecule has 0 bridgehead atoms. The molecule has 1 atom stereocenters. The third-order valence-corrected chi connectivity index (χ3v) is 5.70. The summed E-state index contributed by atoms with van der Waals surface area (Å²) < 4.78 is 25.3. The molecule has 5 nitrogen and oxygen atoms in total. The molecule has 0 saturated carbocycles. The van der Waals surface area contributed by atoms with E-state index in [9.17, 15) is 13.2 Å². The van der Waals surface area contributed by atoms with Crippen LogP contribution in [0.5, 0.6) is 0 Å². The Morgan fingerprint density at radius 3 is 2.31 bits per heavy atom. The highest BCUT2D eigenvalue weighted by Crippen LogP contribution is 2.28. The summed E-state index contributed by atoms with van der Waals surface area (Å²) in [5.41, 5.74) is 1.24. The van der Waals surface area contributed by atoms with Gasteiger partial charge in [0.25, 0.3) is 0 Å². The molecule has 2 aromatic rings.